The van der Waals surface area contributed by atoms with Gasteiger partial charge in [-0.3, -0.25) is 9.59 Å². The van der Waals surface area contributed by atoms with Gasteiger partial charge < -0.3 is 0 Å². The lowest BCUT2D eigenvalue weighted by Gasteiger charge is -2.13. The number of carbonyl (C=O) groups is 2. The second kappa shape index (κ2) is 6.80. The summed E-state index contributed by atoms with van der Waals surface area (Å²) in [4.78, 5) is 24.4. The molecule has 0 bridgehead atoms. The van der Waals surface area contributed by atoms with Crippen molar-refractivity contribution in [2.24, 2.45) is 0 Å². The van der Waals surface area contributed by atoms with Gasteiger partial charge in [-0.05, 0) is 12.0 Å². The van der Waals surface area contributed by atoms with Crippen LogP contribution >= 0.6 is 0 Å². The Balaban J connectivity index is 2.09. The van der Waals surface area contributed by atoms with Crippen LogP contribution in [0.3, 0.4) is 0 Å². The molecule has 20 heavy (non-hydrogen) atoms. The Bertz CT molecular complexity index is 573. The maximum absolute atomic E-state index is 12.3. The monoisotopic (exact) mass is 266 g/mol. The van der Waals surface area contributed by atoms with E-state index in [0.29, 0.717) is 12.0 Å². The largest absolute Gasteiger partial charge is 0.299 e. The molecule has 1 atom stereocenters. The highest BCUT2D eigenvalue weighted by Crippen LogP contribution is 2.22. The van der Waals surface area contributed by atoms with E-state index >= 15 is 0 Å². The van der Waals surface area contributed by atoms with Crippen molar-refractivity contribution in [2.75, 3.05) is 0 Å². The van der Waals surface area contributed by atoms with E-state index in [1.54, 1.807) is 12.1 Å². The third-order valence-electron chi connectivity index (χ3n) is 3.43. The van der Waals surface area contributed by atoms with Crippen LogP contribution in [0.4, 0.5) is 0 Å². The Labute approximate surface area is 119 Å². The highest BCUT2D eigenvalue weighted by atomic mass is 16.1. The quantitative estimate of drug-likeness (QED) is 0.584. The summed E-state index contributed by atoms with van der Waals surface area (Å²) in [5.74, 6) is -0.304. The van der Waals surface area contributed by atoms with Crippen LogP contribution in [0.25, 0.3) is 0 Å². The zero-order chi connectivity index (χ0) is 14.4. The zero-order valence-electron chi connectivity index (χ0n) is 11.6. The van der Waals surface area contributed by atoms with Gasteiger partial charge in [0, 0.05) is 11.5 Å². The first-order valence-electron chi connectivity index (χ1n) is 6.88. The molecule has 0 saturated heterocycles. The maximum atomic E-state index is 12.3. The van der Waals surface area contributed by atoms with E-state index in [0.717, 1.165) is 5.56 Å². The molecule has 0 N–H and O–H groups in total. The molecule has 1 unspecified atom stereocenters. The third kappa shape index (κ3) is 3.41. The first-order chi connectivity index (χ1) is 9.72. The molecule has 2 aromatic rings. The molecular formula is C18H18O2. The molecule has 2 heteroatoms. The van der Waals surface area contributed by atoms with Gasteiger partial charge in [-0.25, -0.2) is 0 Å². The number of Topliss-reactive ketones (excluding diaryl/α,β-unsaturated/α-hetero) is 2. The van der Waals surface area contributed by atoms with Gasteiger partial charge in [0.05, 0.1) is 6.42 Å². The number of hydrogen-bond acceptors (Lipinski definition) is 2. The predicted molar refractivity (Wildman–Crippen MR) is 79.9 cm³/mol. The lowest BCUT2D eigenvalue weighted by molar-refractivity contribution is -0.119. The summed E-state index contributed by atoms with van der Waals surface area (Å²) in [6.45, 7) is 1.97. The van der Waals surface area contributed by atoms with Crippen molar-refractivity contribution < 1.29 is 9.59 Å². The van der Waals surface area contributed by atoms with Gasteiger partial charge in [-0.15, -0.1) is 0 Å². The smallest absolute Gasteiger partial charge is 0.170 e. The molecule has 0 heterocycles. The van der Waals surface area contributed by atoms with Gasteiger partial charge >= 0.3 is 0 Å². The number of ketones is 2. The number of hydrogen-bond donors (Lipinski definition) is 0. The molecule has 0 aromatic heterocycles. The normalized spacial score (nSPS) is 11.8. The Morgan fingerprint density at radius 2 is 1.45 bits per heavy atom. The summed E-state index contributed by atoms with van der Waals surface area (Å²) in [7, 11) is 0. The molecule has 0 radical (unpaired) electrons. The SMILES string of the molecule is CCC(C(=O)CC(=O)c1ccccc1)c1ccccc1. The lowest BCUT2D eigenvalue weighted by Crippen LogP contribution is -2.16. The number of rotatable bonds is 6. The lowest BCUT2D eigenvalue weighted by atomic mass is 9.89. The summed E-state index contributed by atoms with van der Waals surface area (Å²) >= 11 is 0. The van der Waals surface area contributed by atoms with Crippen molar-refractivity contribution in [3.05, 3.63) is 71.8 Å². The first kappa shape index (κ1) is 14.2. The summed E-state index contributed by atoms with van der Waals surface area (Å²) in [5.41, 5.74) is 1.59. The average molecular weight is 266 g/mol. The van der Waals surface area contributed by atoms with Gasteiger partial charge in [0.25, 0.3) is 0 Å². The first-order valence-corrected chi connectivity index (χ1v) is 6.88. The van der Waals surface area contributed by atoms with Crippen molar-refractivity contribution in [1.82, 2.24) is 0 Å². The molecule has 2 aromatic carbocycles. The molecule has 2 rings (SSSR count). The minimum absolute atomic E-state index is 0.00690. The highest BCUT2D eigenvalue weighted by Gasteiger charge is 2.21. The average Bonchev–Trinajstić information content (AvgIpc) is 2.50. The molecule has 0 spiro atoms. The molecule has 2 nitrogen and oxygen atoms in total. The molecule has 102 valence electrons. The van der Waals surface area contributed by atoms with E-state index in [2.05, 4.69) is 0 Å². The summed E-state index contributed by atoms with van der Waals surface area (Å²) in [5, 5.41) is 0. The molecule has 0 saturated carbocycles. The Kier molecular flexibility index (Phi) is 4.83. The van der Waals surface area contributed by atoms with E-state index in [1.807, 2.05) is 55.5 Å². The number of benzene rings is 2. The Morgan fingerprint density at radius 1 is 0.900 bits per heavy atom. The van der Waals surface area contributed by atoms with Gasteiger partial charge in [0.1, 0.15) is 5.78 Å². The highest BCUT2D eigenvalue weighted by molar-refractivity contribution is 6.09. The van der Waals surface area contributed by atoms with E-state index in [-0.39, 0.29) is 23.9 Å². The van der Waals surface area contributed by atoms with Crippen molar-refractivity contribution in [3.63, 3.8) is 0 Å². The van der Waals surface area contributed by atoms with Crippen molar-refractivity contribution in [1.29, 1.82) is 0 Å². The second-order valence-electron chi connectivity index (χ2n) is 4.80. The van der Waals surface area contributed by atoms with Gasteiger partial charge in [0.2, 0.25) is 0 Å². The predicted octanol–water partition coefficient (Wildman–Crippen LogP) is 4.02. The van der Waals surface area contributed by atoms with Crippen molar-refractivity contribution in [2.45, 2.75) is 25.7 Å². The van der Waals surface area contributed by atoms with Gasteiger partial charge in [0.15, 0.2) is 5.78 Å². The van der Waals surface area contributed by atoms with Crippen LogP contribution in [-0.2, 0) is 4.79 Å². The van der Waals surface area contributed by atoms with Crippen molar-refractivity contribution in [3.8, 4) is 0 Å². The van der Waals surface area contributed by atoms with Crippen LogP contribution in [-0.4, -0.2) is 11.6 Å². The summed E-state index contributed by atoms with van der Waals surface area (Å²) in [6.07, 6.45) is 0.683. The Hall–Kier alpha value is -2.22. The van der Waals surface area contributed by atoms with Gasteiger partial charge in [-0.2, -0.15) is 0 Å². The summed E-state index contributed by atoms with van der Waals surface area (Å²) in [6, 6.07) is 18.6. The van der Waals surface area contributed by atoms with Crippen LogP contribution in [0.5, 0.6) is 0 Å². The fourth-order valence-electron chi connectivity index (χ4n) is 2.34. The minimum Gasteiger partial charge on any atom is -0.299 e. The third-order valence-corrected chi connectivity index (χ3v) is 3.43. The van der Waals surface area contributed by atoms with E-state index in [9.17, 15) is 9.59 Å². The van der Waals surface area contributed by atoms with Crippen LogP contribution in [0.2, 0.25) is 0 Å². The molecule has 0 fully saturated rings. The number of carbonyl (C=O) groups excluding carboxylic acids is 2. The fraction of sp³-hybridized carbons (Fsp3) is 0.222. The fourth-order valence-corrected chi connectivity index (χ4v) is 2.34. The molecule has 0 aliphatic carbocycles. The van der Waals surface area contributed by atoms with Crippen molar-refractivity contribution >= 4 is 11.6 Å². The standard InChI is InChI=1S/C18H18O2/c1-2-16(14-9-5-3-6-10-14)18(20)13-17(19)15-11-7-4-8-12-15/h3-12,16H,2,13H2,1H3. The topological polar surface area (TPSA) is 34.1 Å². The van der Waals surface area contributed by atoms with Crippen LogP contribution in [0, 0.1) is 0 Å². The summed E-state index contributed by atoms with van der Waals surface area (Å²) < 4.78 is 0. The van der Waals surface area contributed by atoms with Crippen LogP contribution < -0.4 is 0 Å². The zero-order valence-corrected chi connectivity index (χ0v) is 11.6. The maximum Gasteiger partial charge on any atom is 0.170 e. The Morgan fingerprint density at radius 3 is 2.00 bits per heavy atom. The van der Waals surface area contributed by atoms with Crippen LogP contribution in [0.15, 0.2) is 60.7 Å². The second-order valence-corrected chi connectivity index (χ2v) is 4.80. The molecular weight excluding hydrogens is 248 g/mol. The van der Waals surface area contributed by atoms with Crippen LogP contribution in [0.1, 0.15) is 41.6 Å². The molecule has 0 aliphatic heterocycles. The molecule has 0 amide bonds. The van der Waals surface area contributed by atoms with Gasteiger partial charge in [-0.1, -0.05) is 67.6 Å². The van der Waals surface area contributed by atoms with E-state index in [1.165, 1.54) is 0 Å². The molecule has 0 aliphatic rings. The van der Waals surface area contributed by atoms with E-state index < -0.39 is 0 Å². The minimum atomic E-state index is -0.191. The van der Waals surface area contributed by atoms with E-state index in [4.69, 9.17) is 0 Å².